The number of nitrogens with one attached hydrogen (secondary N) is 1. The normalized spacial score (nSPS) is 23.2. The summed E-state index contributed by atoms with van der Waals surface area (Å²) in [6.07, 6.45) is 4.25. The molecule has 0 amide bonds. The van der Waals surface area contributed by atoms with Gasteiger partial charge in [0.25, 0.3) is 0 Å². The third-order valence-electron chi connectivity index (χ3n) is 4.25. The van der Waals surface area contributed by atoms with Gasteiger partial charge < -0.3 is 9.84 Å². The van der Waals surface area contributed by atoms with Gasteiger partial charge in [0.1, 0.15) is 6.17 Å². The van der Waals surface area contributed by atoms with Crippen LogP contribution in [0.4, 0.5) is 4.39 Å². The monoisotopic (exact) mass is 324 g/mol. The quantitative estimate of drug-likeness (QED) is 0.745. The molecule has 5 nitrogen and oxygen atoms in total. The van der Waals surface area contributed by atoms with E-state index < -0.39 is 6.17 Å². The Morgan fingerprint density at radius 2 is 2.30 bits per heavy atom. The molecule has 2 rings (SSSR count). The summed E-state index contributed by atoms with van der Waals surface area (Å²) in [5.41, 5.74) is 1.36. The Kier molecular flexibility index (Phi) is 6.72. The van der Waals surface area contributed by atoms with E-state index in [1.807, 2.05) is 0 Å². The van der Waals surface area contributed by atoms with Crippen molar-refractivity contribution in [2.75, 3.05) is 13.1 Å². The summed E-state index contributed by atoms with van der Waals surface area (Å²) in [4.78, 5) is 6.33. The van der Waals surface area contributed by atoms with Gasteiger partial charge >= 0.3 is 0 Å². The second kappa shape index (κ2) is 8.55. The van der Waals surface area contributed by atoms with Gasteiger partial charge in [0.05, 0.1) is 6.54 Å². The van der Waals surface area contributed by atoms with E-state index in [1.165, 1.54) is 5.57 Å². The lowest BCUT2D eigenvalue weighted by Crippen LogP contribution is -2.40. The molecule has 1 aromatic heterocycles. The highest BCUT2D eigenvalue weighted by atomic mass is 19.1. The highest BCUT2D eigenvalue weighted by Crippen LogP contribution is 2.22. The van der Waals surface area contributed by atoms with E-state index in [-0.39, 0.29) is 6.04 Å². The number of hydrogen-bond donors (Lipinski definition) is 1. The first-order valence-corrected chi connectivity index (χ1v) is 8.48. The minimum Gasteiger partial charge on any atom is -0.340 e. The van der Waals surface area contributed by atoms with E-state index in [1.54, 1.807) is 6.92 Å². The van der Waals surface area contributed by atoms with Gasteiger partial charge in [-0.05, 0) is 40.0 Å². The third-order valence-corrected chi connectivity index (χ3v) is 4.25. The van der Waals surface area contributed by atoms with Gasteiger partial charge in [-0.1, -0.05) is 16.8 Å². The van der Waals surface area contributed by atoms with Crippen LogP contribution in [0.5, 0.6) is 0 Å². The van der Waals surface area contributed by atoms with Crippen molar-refractivity contribution in [2.24, 2.45) is 0 Å². The second-order valence-corrected chi connectivity index (χ2v) is 6.81. The molecule has 1 fully saturated rings. The molecular formula is C17H29FN4O. The molecule has 1 aliphatic heterocycles. The number of allylic oxidation sites excluding steroid dienone is 2. The molecule has 0 aromatic carbocycles. The number of alkyl halides is 1. The summed E-state index contributed by atoms with van der Waals surface area (Å²) >= 11 is 0. The fourth-order valence-corrected chi connectivity index (χ4v) is 2.98. The van der Waals surface area contributed by atoms with E-state index in [0.717, 1.165) is 19.4 Å². The van der Waals surface area contributed by atoms with Crippen molar-refractivity contribution in [3.63, 3.8) is 0 Å². The molecule has 0 spiro atoms. The first-order valence-electron chi connectivity index (χ1n) is 8.48. The molecular weight excluding hydrogens is 295 g/mol. The van der Waals surface area contributed by atoms with E-state index >= 15 is 0 Å². The predicted octanol–water partition coefficient (Wildman–Crippen LogP) is 3.01. The molecule has 0 aliphatic carbocycles. The topological polar surface area (TPSA) is 54.2 Å². The van der Waals surface area contributed by atoms with Crippen molar-refractivity contribution in [3.8, 4) is 0 Å². The Bertz CT molecular complexity index is 512. The van der Waals surface area contributed by atoms with Gasteiger partial charge in [-0.25, -0.2) is 4.39 Å². The lowest BCUT2D eigenvalue weighted by atomic mass is 10.1. The van der Waals surface area contributed by atoms with Crippen LogP contribution in [-0.2, 0) is 6.54 Å². The second-order valence-electron chi connectivity index (χ2n) is 6.81. The third kappa shape index (κ3) is 6.03. The number of likely N-dealkylation sites (tertiary alicyclic amines) is 1. The lowest BCUT2D eigenvalue weighted by molar-refractivity contribution is 0.218. The molecule has 0 saturated carbocycles. The molecule has 1 N–H and O–H groups in total. The standard InChI is InChI=1S/C17H29FN4O/c1-12(2)6-5-7-13(3)19-9-16-8-15(18)10-22(16)11-17-20-14(4)23-21-17/h6,13,15-16,19H,5,7-11H2,1-4H3/t13-,15+,16+/m1/s1. The van der Waals surface area contributed by atoms with Crippen molar-refractivity contribution in [1.29, 1.82) is 0 Å². The number of nitrogens with zero attached hydrogens (tertiary/aromatic N) is 3. The zero-order chi connectivity index (χ0) is 16.8. The van der Waals surface area contributed by atoms with Crippen LogP contribution in [0.25, 0.3) is 0 Å². The highest BCUT2D eigenvalue weighted by molar-refractivity contribution is 4.94. The number of aromatic nitrogens is 2. The fraction of sp³-hybridized carbons (Fsp3) is 0.765. The molecule has 1 saturated heterocycles. The lowest BCUT2D eigenvalue weighted by Gasteiger charge is -2.24. The van der Waals surface area contributed by atoms with Crippen molar-refractivity contribution in [3.05, 3.63) is 23.4 Å². The highest BCUT2D eigenvalue weighted by Gasteiger charge is 2.32. The summed E-state index contributed by atoms with van der Waals surface area (Å²) in [6.45, 7) is 10.00. The minimum absolute atomic E-state index is 0.190. The van der Waals surface area contributed by atoms with Crippen molar-refractivity contribution >= 4 is 0 Å². The van der Waals surface area contributed by atoms with E-state index in [2.05, 4.69) is 47.2 Å². The van der Waals surface area contributed by atoms with Gasteiger partial charge in [0.15, 0.2) is 5.82 Å². The van der Waals surface area contributed by atoms with Gasteiger partial charge in [0.2, 0.25) is 5.89 Å². The maximum atomic E-state index is 13.8. The first kappa shape index (κ1) is 18.1. The predicted molar refractivity (Wildman–Crippen MR) is 88.9 cm³/mol. The molecule has 23 heavy (non-hydrogen) atoms. The molecule has 0 radical (unpaired) electrons. The Labute approximate surface area is 138 Å². The molecule has 1 aliphatic rings. The molecule has 6 heteroatoms. The number of hydrogen-bond acceptors (Lipinski definition) is 5. The minimum atomic E-state index is -0.768. The first-order chi connectivity index (χ1) is 10.9. The molecule has 130 valence electrons. The SMILES string of the molecule is CC(C)=CCC[C@@H](C)NC[C@@H]1C[C@H](F)CN1Cc1noc(C)n1. The maximum Gasteiger partial charge on any atom is 0.223 e. The van der Waals surface area contributed by atoms with Crippen LogP contribution in [0.2, 0.25) is 0 Å². The van der Waals surface area contributed by atoms with Crippen molar-refractivity contribution in [1.82, 2.24) is 20.4 Å². The Morgan fingerprint density at radius 1 is 1.52 bits per heavy atom. The zero-order valence-corrected chi connectivity index (χ0v) is 14.7. The Hall–Kier alpha value is -1.27. The number of aryl methyl sites for hydroxylation is 1. The van der Waals surface area contributed by atoms with Crippen LogP contribution >= 0.6 is 0 Å². The molecule has 0 bridgehead atoms. The Balaban J connectivity index is 1.79. The Morgan fingerprint density at radius 3 is 2.96 bits per heavy atom. The van der Waals surface area contributed by atoms with Crippen LogP contribution < -0.4 is 5.32 Å². The van der Waals surface area contributed by atoms with Crippen LogP contribution in [0.1, 0.15) is 51.7 Å². The van der Waals surface area contributed by atoms with Gasteiger partial charge in [-0.3, -0.25) is 4.90 Å². The summed E-state index contributed by atoms with van der Waals surface area (Å²) in [6, 6.07) is 0.619. The summed E-state index contributed by atoms with van der Waals surface area (Å²) in [5.74, 6) is 1.19. The zero-order valence-electron chi connectivity index (χ0n) is 14.7. The van der Waals surface area contributed by atoms with Crippen LogP contribution in [0, 0.1) is 6.92 Å². The van der Waals surface area contributed by atoms with E-state index in [9.17, 15) is 4.39 Å². The summed E-state index contributed by atoms with van der Waals surface area (Å²) in [5, 5.41) is 7.45. The van der Waals surface area contributed by atoms with Crippen LogP contribution in [0.15, 0.2) is 16.2 Å². The van der Waals surface area contributed by atoms with Gasteiger partial charge in [-0.15, -0.1) is 0 Å². The molecule has 0 unspecified atom stereocenters. The smallest absolute Gasteiger partial charge is 0.223 e. The molecule has 2 heterocycles. The van der Waals surface area contributed by atoms with Crippen molar-refractivity contribution < 1.29 is 8.91 Å². The fourth-order valence-electron chi connectivity index (χ4n) is 2.98. The maximum absolute atomic E-state index is 13.8. The average Bonchev–Trinajstić information content (AvgIpc) is 3.02. The summed E-state index contributed by atoms with van der Waals surface area (Å²) in [7, 11) is 0. The van der Waals surface area contributed by atoms with E-state index in [0.29, 0.717) is 37.3 Å². The largest absolute Gasteiger partial charge is 0.340 e. The van der Waals surface area contributed by atoms with Gasteiger partial charge in [-0.2, -0.15) is 4.98 Å². The molecule has 3 atom stereocenters. The van der Waals surface area contributed by atoms with Crippen LogP contribution in [-0.4, -0.2) is 46.4 Å². The summed E-state index contributed by atoms with van der Waals surface area (Å²) < 4.78 is 18.8. The van der Waals surface area contributed by atoms with Crippen molar-refractivity contribution in [2.45, 2.75) is 71.8 Å². The molecule has 1 aromatic rings. The van der Waals surface area contributed by atoms with E-state index in [4.69, 9.17) is 4.52 Å². The number of rotatable bonds is 8. The number of halogens is 1. The van der Waals surface area contributed by atoms with Crippen LogP contribution in [0.3, 0.4) is 0 Å². The average molecular weight is 324 g/mol. The van der Waals surface area contributed by atoms with Gasteiger partial charge in [0, 0.05) is 32.1 Å².